The molecular formula is C13H16N2O2. The molecule has 0 saturated carbocycles. The van der Waals surface area contributed by atoms with Crippen molar-refractivity contribution in [3.8, 4) is 0 Å². The highest BCUT2D eigenvalue weighted by molar-refractivity contribution is 5.96. The van der Waals surface area contributed by atoms with E-state index in [0.29, 0.717) is 11.1 Å². The van der Waals surface area contributed by atoms with Crippen molar-refractivity contribution in [1.82, 2.24) is 9.38 Å². The molecule has 4 nitrogen and oxygen atoms in total. The summed E-state index contributed by atoms with van der Waals surface area (Å²) in [5.41, 5.74) is 1.62. The number of hydrogen-bond acceptors (Lipinski definition) is 2. The van der Waals surface area contributed by atoms with E-state index in [1.165, 1.54) is 0 Å². The lowest BCUT2D eigenvalue weighted by Gasteiger charge is -2.16. The Morgan fingerprint density at radius 1 is 1.41 bits per heavy atom. The van der Waals surface area contributed by atoms with Crippen LogP contribution in [0.5, 0.6) is 0 Å². The van der Waals surface area contributed by atoms with Crippen LogP contribution in [0.25, 0.3) is 5.52 Å². The molecule has 2 aromatic rings. The monoisotopic (exact) mass is 232 g/mol. The SMILES string of the molecule is Cc1nc(C(C)(C)C)n2cccc(C(=O)O)c12. The molecule has 0 bridgehead atoms. The molecule has 0 aliphatic carbocycles. The fourth-order valence-electron chi connectivity index (χ4n) is 2.02. The van der Waals surface area contributed by atoms with Crippen molar-refractivity contribution in [1.29, 1.82) is 0 Å². The Morgan fingerprint density at radius 3 is 2.59 bits per heavy atom. The molecule has 2 heterocycles. The van der Waals surface area contributed by atoms with Crippen LogP contribution in [-0.4, -0.2) is 20.5 Å². The summed E-state index contributed by atoms with van der Waals surface area (Å²) in [5.74, 6) is -0.0350. The van der Waals surface area contributed by atoms with Crippen molar-refractivity contribution >= 4 is 11.5 Å². The van der Waals surface area contributed by atoms with Crippen molar-refractivity contribution in [2.45, 2.75) is 33.1 Å². The van der Waals surface area contributed by atoms with Crippen LogP contribution in [0.1, 0.15) is 42.6 Å². The summed E-state index contributed by atoms with van der Waals surface area (Å²) in [7, 11) is 0. The average molecular weight is 232 g/mol. The quantitative estimate of drug-likeness (QED) is 0.822. The number of aromatic carboxylic acids is 1. The van der Waals surface area contributed by atoms with Gasteiger partial charge in [0.05, 0.1) is 16.8 Å². The molecular weight excluding hydrogens is 216 g/mol. The Hall–Kier alpha value is -1.84. The van der Waals surface area contributed by atoms with Crippen LogP contribution in [-0.2, 0) is 5.41 Å². The van der Waals surface area contributed by atoms with E-state index in [2.05, 4.69) is 25.8 Å². The molecule has 0 atom stereocenters. The number of nitrogens with zero attached hydrogens (tertiary/aromatic N) is 2. The first-order valence-electron chi connectivity index (χ1n) is 5.54. The van der Waals surface area contributed by atoms with Gasteiger partial charge in [0.25, 0.3) is 0 Å². The highest BCUT2D eigenvalue weighted by Gasteiger charge is 2.23. The van der Waals surface area contributed by atoms with E-state index < -0.39 is 5.97 Å². The largest absolute Gasteiger partial charge is 0.478 e. The minimum absolute atomic E-state index is 0.117. The van der Waals surface area contributed by atoms with E-state index in [0.717, 1.165) is 11.5 Å². The molecule has 4 heteroatoms. The molecule has 0 aliphatic rings. The number of rotatable bonds is 1. The van der Waals surface area contributed by atoms with Gasteiger partial charge in [-0.25, -0.2) is 9.78 Å². The number of aromatic nitrogens is 2. The number of pyridine rings is 1. The average Bonchev–Trinajstić information content (AvgIpc) is 2.56. The van der Waals surface area contributed by atoms with Crippen LogP contribution in [0.3, 0.4) is 0 Å². The number of aryl methyl sites for hydroxylation is 1. The maximum Gasteiger partial charge on any atom is 0.337 e. The topological polar surface area (TPSA) is 54.6 Å². The van der Waals surface area contributed by atoms with Gasteiger partial charge in [0.1, 0.15) is 5.82 Å². The molecule has 1 N–H and O–H groups in total. The van der Waals surface area contributed by atoms with Gasteiger partial charge in [-0.1, -0.05) is 20.8 Å². The van der Waals surface area contributed by atoms with Crippen LogP contribution in [0.15, 0.2) is 18.3 Å². The van der Waals surface area contributed by atoms with Crippen molar-refractivity contribution in [3.05, 3.63) is 35.4 Å². The number of hydrogen-bond donors (Lipinski definition) is 1. The standard InChI is InChI=1S/C13H16N2O2/c1-8-10-9(11(16)17)6-5-7-15(10)12(14-8)13(2,3)4/h5-7H,1-4H3,(H,16,17). The van der Waals surface area contributed by atoms with Crippen LogP contribution < -0.4 is 0 Å². The molecule has 0 fully saturated rings. The predicted octanol–water partition coefficient (Wildman–Crippen LogP) is 2.64. The molecule has 90 valence electrons. The number of carboxylic acids is 1. The summed E-state index contributed by atoms with van der Waals surface area (Å²) < 4.78 is 1.87. The summed E-state index contributed by atoms with van der Waals surface area (Å²) in [6.45, 7) is 8.04. The third-order valence-corrected chi connectivity index (χ3v) is 2.74. The Labute approximate surface area is 99.9 Å². The van der Waals surface area contributed by atoms with Crippen LogP contribution >= 0.6 is 0 Å². The maximum atomic E-state index is 11.2. The van der Waals surface area contributed by atoms with Crippen LogP contribution in [0, 0.1) is 6.92 Å². The summed E-state index contributed by atoms with van der Waals surface area (Å²) in [5, 5.41) is 9.18. The second-order valence-electron chi connectivity index (χ2n) is 5.22. The van der Waals surface area contributed by atoms with Gasteiger partial charge in [-0.15, -0.1) is 0 Å². The van der Waals surface area contributed by atoms with E-state index in [-0.39, 0.29) is 5.41 Å². The molecule has 2 rings (SSSR count). The van der Waals surface area contributed by atoms with E-state index >= 15 is 0 Å². The minimum atomic E-state index is -0.918. The van der Waals surface area contributed by atoms with Crippen molar-refractivity contribution in [3.63, 3.8) is 0 Å². The highest BCUT2D eigenvalue weighted by atomic mass is 16.4. The highest BCUT2D eigenvalue weighted by Crippen LogP contribution is 2.26. The van der Waals surface area contributed by atoms with Crippen molar-refractivity contribution in [2.75, 3.05) is 0 Å². The zero-order valence-corrected chi connectivity index (χ0v) is 10.5. The summed E-state index contributed by atoms with van der Waals surface area (Å²) in [6.07, 6.45) is 1.86. The first-order valence-corrected chi connectivity index (χ1v) is 5.54. The molecule has 17 heavy (non-hydrogen) atoms. The van der Waals surface area contributed by atoms with Gasteiger partial charge in [-0.3, -0.25) is 0 Å². The maximum absolute atomic E-state index is 11.2. The molecule has 0 aliphatic heterocycles. The lowest BCUT2D eigenvalue weighted by atomic mass is 9.96. The molecule has 0 amide bonds. The molecule has 0 unspecified atom stereocenters. The van der Waals surface area contributed by atoms with Gasteiger partial charge >= 0.3 is 5.97 Å². The van der Waals surface area contributed by atoms with Crippen LogP contribution in [0.2, 0.25) is 0 Å². The molecule has 0 saturated heterocycles. The Balaban J connectivity index is 2.87. The Morgan fingerprint density at radius 2 is 2.06 bits per heavy atom. The number of imidazole rings is 1. The molecule has 0 spiro atoms. The normalized spacial score (nSPS) is 12.0. The Kier molecular flexibility index (Phi) is 2.45. The van der Waals surface area contributed by atoms with E-state index in [1.54, 1.807) is 12.1 Å². The third kappa shape index (κ3) is 1.79. The second kappa shape index (κ2) is 3.58. The van der Waals surface area contributed by atoms with Gasteiger partial charge in [0, 0.05) is 11.6 Å². The van der Waals surface area contributed by atoms with Gasteiger partial charge in [0.2, 0.25) is 0 Å². The zero-order valence-electron chi connectivity index (χ0n) is 10.5. The second-order valence-corrected chi connectivity index (χ2v) is 5.22. The molecule has 0 radical (unpaired) electrons. The zero-order chi connectivity index (χ0) is 12.8. The number of fused-ring (bicyclic) bond motifs is 1. The lowest BCUT2D eigenvalue weighted by molar-refractivity contribution is 0.0698. The lowest BCUT2D eigenvalue weighted by Crippen LogP contribution is -2.16. The molecule has 0 aromatic carbocycles. The first kappa shape index (κ1) is 11.6. The summed E-state index contributed by atoms with van der Waals surface area (Å²) in [6, 6.07) is 3.35. The number of carbonyl (C=O) groups is 1. The first-order chi connectivity index (χ1) is 7.82. The van der Waals surface area contributed by atoms with Gasteiger partial charge in [-0.05, 0) is 19.1 Å². The summed E-state index contributed by atoms with van der Waals surface area (Å²) >= 11 is 0. The van der Waals surface area contributed by atoms with Crippen LogP contribution in [0.4, 0.5) is 0 Å². The Bertz CT molecular complexity index is 591. The van der Waals surface area contributed by atoms with Gasteiger partial charge < -0.3 is 9.51 Å². The fourth-order valence-corrected chi connectivity index (χ4v) is 2.02. The molecule has 2 aromatic heterocycles. The summed E-state index contributed by atoms with van der Waals surface area (Å²) in [4.78, 5) is 15.7. The minimum Gasteiger partial charge on any atom is -0.478 e. The fraction of sp³-hybridized carbons (Fsp3) is 0.385. The van der Waals surface area contributed by atoms with E-state index in [9.17, 15) is 9.90 Å². The van der Waals surface area contributed by atoms with Gasteiger partial charge in [-0.2, -0.15) is 0 Å². The van der Waals surface area contributed by atoms with Gasteiger partial charge in [0.15, 0.2) is 0 Å². The predicted molar refractivity (Wildman–Crippen MR) is 65.6 cm³/mol. The smallest absolute Gasteiger partial charge is 0.337 e. The van der Waals surface area contributed by atoms with E-state index in [4.69, 9.17) is 0 Å². The number of carboxylic acid groups (broad SMARTS) is 1. The van der Waals surface area contributed by atoms with E-state index in [1.807, 2.05) is 17.5 Å². The van der Waals surface area contributed by atoms with Crippen molar-refractivity contribution in [2.24, 2.45) is 0 Å². The third-order valence-electron chi connectivity index (χ3n) is 2.74. The van der Waals surface area contributed by atoms with Crippen molar-refractivity contribution < 1.29 is 9.90 Å².